The number of quaternary nitrogens is 1. The Morgan fingerprint density at radius 3 is 1.88 bits per heavy atom. The summed E-state index contributed by atoms with van der Waals surface area (Å²) in [5.41, 5.74) is 6.23. The number of aryl methyl sites for hydroxylation is 1. The van der Waals surface area contributed by atoms with Gasteiger partial charge in [0.15, 0.2) is 6.20 Å². The van der Waals surface area contributed by atoms with E-state index in [1.54, 1.807) is 0 Å². The highest BCUT2D eigenvalue weighted by Gasteiger charge is 2.15. The number of allylic oxidation sites excluding steroid dienone is 5. The molecule has 0 aliphatic carbocycles. The van der Waals surface area contributed by atoms with Crippen LogP contribution in [0.2, 0.25) is 0 Å². The molecule has 2 aromatic carbocycles. The Bertz CT molecular complexity index is 1630. The Morgan fingerprint density at radius 2 is 1.20 bits per heavy atom. The summed E-state index contributed by atoms with van der Waals surface area (Å²) < 4.78 is 3.35. The molecule has 0 saturated heterocycles. The lowest BCUT2D eigenvalue weighted by Crippen LogP contribution is -2.42. The number of hydrogen-bond donors (Lipinski definition) is 0. The van der Waals surface area contributed by atoms with Gasteiger partial charge in [0.25, 0.3) is 0 Å². The normalized spacial score (nSPS) is 12.5. The van der Waals surface area contributed by atoms with Crippen LogP contribution in [0.3, 0.4) is 0 Å². The monoisotopic (exact) mass is 797 g/mol. The number of hydrogen-bond acceptors (Lipinski definition) is 6. The highest BCUT2D eigenvalue weighted by atomic mass is 33.1. The Balaban J connectivity index is 1.17. The van der Waals surface area contributed by atoms with Gasteiger partial charge in [0.2, 0.25) is 5.69 Å². The van der Waals surface area contributed by atoms with Crippen LogP contribution in [0.25, 0.3) is 18.2 Å². The zero-order valence-electron chi connectivity index (χ0n) is 35.7. The first kappa shape index (κ1) is 46.8. The van der Waals surface area contributed by atoms with Gasteiger partial charge in [0.05, 0.1) is 27.2 Å². The first-order valence-corrected chi connectivity index (χ1v) is 23.2. The lowest BCUT2D eigenvalue weighted by Gasteiger charge is -2.31. The first-order valence-electron chi connectivity index (χ1n) is 20.7. The summed E-state index contributed by atoms with van der Waals surface area (Å²) in [6, 6.07) is 24.1. The van der Waals surface area contributed by atoms with Gasteiger partial charge in [-0.05, 0) is 107 Å². The molecule has 0 unspecified atom stereocenters. The predicted octanol–water partition coefficient (Wildman–Crippen LogP) is 10.3. The summed E-state index contributed by atoms with van der Waals surface area (Å²) in [4.78, 5) is 11.4. The minimum Gasteiger partial charge on any atom is -0.375 e. The molecule has 0 bridgehead atoms. The van der Waals surface area contributed by atoms with Gasteiger partial charge in [-0.2, -0.15) is 4.57 Å². The van der Waals surface area contributed by atoms with Crippen molar-refractivity contribution in [2.45, 2.75) is 52.5 Å². The third-order valence-corrected chi connectivity index (χ3v) is 12.5. The van der Waals surface area contributed by atoms with Crippen LogP contribution in [-0.4, -0.2) is 108 Å². The van der Waals surface area contributed by atoms with Crippen LogP contribution in [0.4, 0.5) is 11.4 Å². The molecule has 0 fully saturated rings. The quantitative estimate of drug-likeness (QED) is 0.0182. The Hall–Kier alpha value is -3.56. The maximum atomic E-state index is 4.17. The second-order valence-corrected chi connectivity index (χ2v) is 17.8. The maximum absolute atomic E-state index is 4.17. The molecule has 0 radical (unpaired) electrons. The summed E-state index contributed by atoms with van der Waals surface area (Å²) in [5.74, 6) is 2.50. The minimum atomic E-state index is 0.822. The molecular weight excluding hydrogens is 725 g/mol. The molecule has 1 heterocycles. The van der Waals surface area contributed by atoms with Crippen LogP contribution < -0.4 is 14.4 Å². The molecular formula is C48H72N6S2+2. The first-order chi connectivity index (χ1) is 27.2. The van der Waals surface area contributed by atoms with Crippen LogP contribution in [0.1, 0.15) is 62.8 Å². The summed E-state index contributed by atoms with van der Waals surface area (Å²) in [5, 5.41) is 0. The molecule has 0 aliphatic heterocycles. The highest BCUT2D eigenvalue weighted by molar-refractivity contribution is 8.76. The van der Waals surface area contributed by atoms with Crippen LogP contribution in [0.5, 0.6) is 0 Å². The number of aromatic nitrogens is 1. The SMILES string of the molecule is CCN=C\C=C/C=C/C=C/c1ccc(N(C)CCCN(C)CCCCSSCCC[N+](C)(C)CCCN(C)c2ccc(/C=C/c3cccc[n+]3CC)cc2)cc1. The minimum absolute atomic E-state index is 0.822. The van der Waals surface area contributed by atoms with Gasteiger partial charge in [-0.1, -0.05) is 76.2 Å². The Kier molecular flexibility index (Phi) is 23.4. The van der Waals surface area contributed by atoms with Crippen molar-refractivity contribution in [1.82, 2.24) is 4.90 Å². The fourth-order valence-electron chi connectivity index (χ4n) is 6.37. The van der Waals surface area contributed by atoms with Crippen molar-refractivity contribution in [3.05, 3.63) is 120 Å². The topological polar surface area (TPSA) is 26.0 Å². The number of anilines is 2. The number of unbranched alkanes of at least 4 members (excludes halogenated alkanes) is 1. The van der Waals surface area contributed by atoms with Crippen LogP contribution in [0.15, 0.2) is 108 Å². The third kappa shape index (κ3) is 20.0. The summed E-state index contributed by atoms with van der Waals surface area (Å²) in [6.45, 7) is 12.9. The second kappa shape index (κ2) is 27.9. The lowest BCUT2D eigenvalue weighted by atomic mass is 10.1. The Labute approximate surface area is 349 Å². The molecule has 56 heavy (non-hydrogen) atoms. The van der Waals surface area contributed by atoms with E-state index in [4.69, 9.17) is 0 Å². The molecule has 0 spiro atoms. The van der Waals surface area contributed by atoms with Gasteiger partial charge in [-0.15, -0.1) is 0 Å². The number of benzene rings is 2. The van der Waals surface area contributed by atoms with E-state index in [1.165, 1.54) is 91.4 Å². The predicted molar refractivity (Wildman–Crippen MR) is 254 cm³/mol. The molecule has 0 N–H and O–H groups in total. The van der Waals surface area contributed by atoms with Crippen LogP contribution in [0, 0.1) is 0 Å². The number of aliphatic imine (C=N–C) groups is 1. The lowest BCUT2D eigenvalue weighted by molar-refractivity contribution is -0.890. The van der Waals surface area contributed by atoms with Crippen molar-refractivity contribution in [1.29, 1.82) is 0 Å². The van der Waals surface area contributed by atoms with E-state index >= 15 is 0 Å². The number of rotatable bonds is 28. The molecule has 0 aliphatic rings. The van der Waals surface area contributed by atoms with E-state index in [2.05, 4.69) is 185 Å². The zero-order valence-corrected chi connectivity index (χ0v) is 37.4. The van der Waals surface area contributed by atoms with E-state index in [1.807, 2.05) is 37.4 Å². The van der Waals surface area contributed by atoms with E-state index in [-0.39, 0.29) is 0 Å². The van der Waals surface area contributed by atoms with E-state index in [0.29, 0.717) is 0 Å². The van der Waals surface area contributed by atoms with Crippen molar-refractivity contribution in [2.75, 3.05) is 102 Å². The molecule has 6 nitrogen and oxygen atoms in total. The third-order valence-electron chi connectivity index (χ3n) is 9.92. The van der Waals surface area contributed by atoms with Gasteiger partial charge in [0.1, 0.15) is 6.54 Å². The standard InChI is InChI=1S/C48H72N6S2/c1-8-49-34-15-12-10-11-13-22-44-24-29-46(30-25-44)51(4)37-19-36-50(3)35-17-18-42-55-56-43-21-41-54(6,7)40-20-38-52(5)47-31-26-45(27-32-47)28-33-48-23-14-16-39-53(48)9-2/h10-16,22-34,39H,8-9,17-21,35-38,40-43H2,1-7H3/q+2/b11-10+,15-12-,22-13+,49-34?. The smallest absolute Gasteiger partial charge is 0.205 e. The number of pyridine rings is 1. The molecule has 304 valence electrons. The van der Waals surface area contributed by atoms with Crippen LogP contribution in [-0.2, 0) is 6.54 Å². The second-order valence-electron chi connectivity index (χ2n) is 15.1. The van der Waals surface area contributed by atoms with Gasteiger partial charge in [-0.25, -0.2) is 0 Å². The fraction of sp³-hybridized carbons (Fsp3) is 0.458. The Morgan fingerprint density at radius 1 is 0.607 bits per heavy atom. The zero-order chi connectivity index (χ0) is 40.3. The molecule has 0 amide bonds. The van der Waals surface area contributed by atoms with Crippen molar-refractivity contribution in [2.24, 2.45) is 4.99 Å². The number of nitrogens with zero attached hydrogens (tertiary/aromatic N) is 6. The van der Waals surface area contributed by atoms with Crippen molar-refractivity contribution in [3.63, 3.8) is 0 Å². The van der Waals surface area contributed by atoms with Crippen molar-refractivity contribution in [3.8, 4) is 0 Å². The van der Waals surface area contributed by atoms with Crippen molar-refractivity contribution >= 4 is 57.4 Å². The van der Waals surface area contributed by atoms with Gasteiger partial charge < -0.3 is 19.2 Å². The van der Waals surface area contributed by atoms with E-state index in [9.17, 15) is 0 Å². The van der Waals surface area contributed by atoms with E-state index in [0.717, 1.165) is 37.2 Å². The van der Waals surface area contributed by atoms with E-state index < -0.39 is 0 Å². The van der Waals surface area contributed by atoms with Crippen molar-refractivity contribution < 1.29 is 9.05 Å². The van der Waals surface area contributed by atoms with Gasteiger partial charge in [-0.3, -0.25) is 4.99 Å². The maximum Gasteiger partial charge on any atom is 0.205 e. The fourth-order valence-corrected chi connectivity index (χ4v) is 8.59. The summed E-state index contributed by atoms with van der Waals surface area (Å²) in [7, 11) is 15.6. The average Bonchev–Trinajstić information content (AvgIpc) is 3.20. The molecule has 0 atom stereocenters. The molecule has 8 heteroatoms. The summed E-state index contributed by atoms with van der Waals surface area (Å²) >= 11 is 0. The van der Waals surface area contributed by atoms with Gasteiger partial charge in [0, 0.05) is 93.9 Å². The highest BCUT2D eigenvalue weighted by Crippen LogP contribution is 2.24. The molecule has 3 aromatic rings. The molecule has 0 saturated carbocycles. The average molecular weight is 797 g/mol. The molecule has 3 rings (SSSR count). The largest absolute Gasteiger partial charge is 0.375 e. The molecule has 1 aromatic heterocycles. The van der Waals surface area contributed by atoms with Gasteiger partial charge >= 0.3 is 0 Å². The summed E-state index contributed by atoms with van der Waals surface area (Å²) in [6.07, 6.45) is 26.8. The van der Waals surface area contributed by atoms with Crippen LogP contribution >= 0.6 is 21.6 Å².